The molecule has 2 N–H and O–H groups in total. The standard InChI is InChI=1S/C30H35F4N5O5S/c1-6-43-26(40)22-19(36-24(25-35-10-11-45-25)37-29(22,5)17-8-7-9-18(31)16(17)2)12-38-15-30(33,34)23-20(38)14-44-39(23)13-21(32)28(3,4)27(41)42/h7-11,20-21,23H,6,12-15H2,1-5H3,(H,36,37)(H,41,42)/t20-,21-,23+,29+/m1/s1. The number of rotatable bonds is 10. The number of aliphatic imine (C=N–C) groups is 1. The molecule has 2 fully saturated rings. The summed E-state index contributed by atoms with van der Waals surface area (Å²) < 4.78 is 66.7. The van der Waals surface area contributed by atoms with Gasteiger partial charge in [-0.05, 0) is 51.8 Å². The summed E-state index contributed by atoms with van der Waals surface area (Å²) in [7, 11) is 0. The molecule has 0 bridgehead atoms. The van der Waals surface area contributed by atoms with Gasteiger partial charge in [0.2, 0.25) is 0 Å². The first-order valence-electron chi connectivity index (χ1n) is 14.4. The van der Waals surface area contributed by atoms with Crippen molar-refractivity contribution >= 4 is 29.1 Å². The fourth-order valence-electron chi connectivity index (χ4n) is 6.10. The number of carboxylic acid groups (broad SMARTS) is 1. The first-order chi connectivity index (χ1) is 21.1. The third-order valence-electron chi connectivity index (χ3n) is 8.74. The van der Waals surface area contributed by atoms with Gasteiger partial charge in [-0.25, -0.2) is 32.3 Å². The molecule has 15 heteroatoms. The van der Waals surface area contributed by atoms with Crippen LogP contribution >= 0.6 is 11.3 Å². The molecule has 0 amide bonds. The van der Waals surface area contributed by atoms with E-state index in [9.17, 15) is 19.1 Å². The minimum Gasteiger partial charge on any atom is -0.481 e. The highest BCUT2D eigenvalue weighted by Gasteiger charge is 2.61. The molecule has 2 saturated heterocycles. The minimum atomic E-state index is -3.37. The van der Waals surface area contributed by atoms with E-state index in [1.807, 2.05) is 0 Å². The second kappa shape index (κ2) is 12.1. The van der Waals surface area contributed by atoms with E-state index in [1.54, 1.807) is 38.4 Å². The SMILES string of the molecule is CCOC(=O)C1=C(CN2CC(F)(F)[C@@H]3[C@H]2CON3C[C@@H](F)C(C)(C)C(=O)O)NC(c2nccs2)=N[C@@]1(C)c1cccc(F)c1C. The Balaban J connectivity index is 1.55. The summed E-state index contributed by atoms with van der Waals surface area (Å²) in [4.78, 5) is 41.4. The van der Waals surface area contributed by atoms with Gasteiger partial charge in [0.25, 0.3) is 5.92 Å². The Morgan fingerprint density at radius 1 is 1.33 bits per heavy atom. The maximum absolute atomic E-state index is 15.6. The summed E-state index contributed by atoms with van der Waals surface area (Å²) in [5.74, 6) is -5.77. The number of nitrogens with zero attached hydrogens (tertiary/aromatic N) is 4. The van der Waals surface area contributed by atoms with Crippen LogP contribution < -0.4 is 5.32 Å². The van der Waals surface area contributed by atoms with Gasteiger partial charge in [0, 0.05) is 23.8 Å². The van der Waals surface area contributed by atoms with Crippen LogP contribution in [0.25, 0.3) is 0 Å². The van der Waals surface area contributed by atoms with Gasteiger partial charge in [0.05, 0.1) is 43.3 Å². The van der Waals surface area contributed by atoms with Crippen molar-refractivity contribution in [2.24, 2.45) is 10.4 Å². The van der Waals surface area contributed by atoms with Crippen LogP contribution in [0.4, 0.5) is 17.6 Å². The van der Waals surface area contributed by atoms with Crippen LogP contribution in [0, 0.1) is 18.2 Å². The van der Waals surface area contributed by atoms with E-state index in [1.165, 1.54) is 42.2 Å². The van der Waals surface area contributed by atoms with Crippen LogP contribution in [0.3, 0.4) is 0 Å². The molecule has 0 unspecified atom stereocenters. The summed E-state index contributed by atoms with van der Waals surface area (Å²) in [5, 5.41) is 15.6. The Morgan fingerprint density at radius 3 is 2.71 bits per heavy atom. The molecule has 4 atom stereocenters. The van der Waals surface area contributed by atoms with Gasteiger partial charge in [-0.15, -0.1) is 11.3 Å². The zero-order valence-electron chi connectivity index (χ0n) is 25.4. The lowest BCUT2D eigenvalue weighted by Crippen LogP contribution is -2.50. The number of aromatic nitrogens is 1. The smallest absolute Gasteiger partial charge is 0.338 e. The predicted molar refractivity (Wildman–Crippen MR) is 157 cm³/mol. The highest BCUT2D eigenvalue weighted by Crippen LogP contribution is 2.44. The van der Waals surface area contributed by atoms with Crippen molar-refractivity contribution in [2.45, 2.75) is 64.3 Å². The molecule has 2 aromatic rings. The van der Waals surface area contributed by atoms with Gasteiger partial charge in [-0.3, -0.25) is 14.5 Å². The second-order valence-corrected chi connectivity index (χ2v) is 12.9. The third-order valence-corrected chi connectivity index (χ3v) is 9.52. The number of carbonyl (C=O) groups excluding carboxylic acids is 1. The summed E-state index contributed by atoms with van der Waals surface area (Å²) >= 11 is 1.27. The van der Waals surface area contributed by atoms with E-state index < -0.39 is 66.0 Å². The molecule has 10 nitrogen and oxygen atoms in total. The number of likely N-dealkylation sites (tertiary alicyclic amines) is 1. The average Bonchev–Trinajstić information content (AvgIpc) is 3.69. The van der Waals surface area contributed by atoms with E-state index in [0.717, 1.165) is 5.06 Å². The molecule has 45 heavy (non-hydrogen) atoms. The lowest BCUT2D eigenvalue weighted by Gasteiger charge is -2.37. The minimum absolute atomic E-state index is 0.0171. The summed E-state index contributed by atoms with van der Waals surface area (Å²) in [6.45, 7) is 5.38. The maximum Gasteiger partial charge on any atom is 0.338 e. The number of alkyl halides is 3. The highest BCUT2D eigenvalue weighted by atomic mass is 32.1. The first kappa shape index (κ1) is 33.0. The largest absolute Gasteiger partial charge is 0.481 e. The zero-order chi connectivity index (χ0) is 32.9. The number of fused-ring (bicyclic) bond motifs is 1. The number of hydroxylamine groups is 2. The molecular formula is C30H35F4N5O5S. The fraction of sp³-hybridized carbons (Fsp3) is 0.533. The topological polar surface area (TPSA) is 117 Å². The van der Waals surface area contributed by atoms with Crippen LogP contribution in [0.1, 0.15) is 43.8 Å². The normalized spacial score (nSPS) is 25.9. The molecule has 0 radical (unpaired) electrons. The lowest BCUT2D eigenvalue weighted by atomic mass is 9.80. The molecule has 1 aromatic carbocycles. The van der Waals surface area contributed by atoms with E-state index in [4.69, 9.17) is 14.6 Å². The van der Waals surface area contributed by atoms with E-state index in [0.29, 0.717) is 10.6 Å². The second-order valence-electron chi connectivity index (χ2n) is 12.0. The molecule has 244 valence electrons. The Hall–Kier alpha value is -3.40. The molecule has 4 heterocycles. The van der Waals surface area contributed by atoms with Crippen LogP contribution in [0.15, 0.2) is 46.0 Å². The molecular weight excluding hydrogens is 618 g/mol. The monoisotopic (exact) mass is 653 g/mol. The van der Waals surface area contributed by atoms with Crippen LogP contribution in [0.2, 0.25) is 0 Å². The molecule has 0 saturated carbocycles. The number of ether oxygens (including phenoxy) is 1. The van der Waals surface area contributed by atoms with Gasteiger partial charge in [0.1, 0.15) is 23.6 Å². The number of halogens is 4. The van der Waals surface area contributed by atoms with Gasteiger partial charge in [-0.1, -0.05) is 12.1 Å². The van der Waals surface area contributed by atoms with Crippen molar-refractivity contribution in [3.63, 3.8) is 0 Å². The van der Waals surface area contributed by atoms with E-state index in [-0.39, 0.29) is 42.4 Å². The van der Waals surface area contributed by atoms with Gasteiger partial charge in [-0.2, -0.15) is 5.06 Å². The number of amidine groups is 1. The van der Waals surface area contributed by atoms with Crippen LogP contribution in [0.5, 0.6) is 0 Å². The highest BCUT2D eigenvalue weighted by molar-refractivity contribution is 7.11. The van der Waals surface area contributed by atoms with E-state index >= 15 is 13.2 Å². The molecule has 1 aromatic heterocycles. The van der Waals surface area contributed by atoms with Crippen LogP contribution in [-0.4, -0.2) is 94.9 Å². The summed E-state index contributed by atoms with van der Waals surface area (Å²) in [6.07, 6.45) is -0.428. The number of hydrogen-bond donors (Lipinski definition) is 2. The van der Waals surface area contributed by atoms with Gasteiger partial charge in [0.15, 0.2) is 10.8 Å². The number of carbonyl (C=O) groups is 2. The number of carboxylic acids is 1. The number of benzene rings is 1. The van der Waals surface area contributed by atoms with Gasteiger partial charge >= 0.3 is 11.9 Å². The Morgan fingerprint density at radius 2 is 2.07 bits per heavy atom. The summed E-state index contributed by atoms with van der Waals surface area (Å²) in [6, 6.07) is 1.95. The van der Waals surface area contributed by atoms with Gasteiger partial charge < -0.3 is 15.2 Å². The quantitative estimate of drug-likeness (QED) is 0.289. The number of thiazole rings is 1. The zero-order valence-corrected chi connectivity index (χ0v) is 26.3. The Labute approximate surface area is 261 Å². The Kier molecular flexibility index (Phi) is 8.85. The lowest BCUT2D eigenvalue weighted by molar-refractivity contribution is -0.196. The van der Waals surface area contributed by atoms with E-state index in [2.05, 4.69) is 10.3 Å². The van der Waals surface area contributed by atoms with Crippen molar-refractivity contribution in [3.8, 4) is 0 Å². The number of aliphatic carboxylic acids is 1. The predicted octanol–water partition coefficient (Wildman–Crippen LogP) is 4.06. The number of esters is 1. The summed E-state index contributed by atoms with van der Waals surface area (Å²) in [5.41, 5.74) is -2.45. The van der Waals surface area contributed by atoms with Crippen molar-refractivity contribution in [3.05, 3.63) is 63.0 Å². The Bertz CT molecular complexity index is 1530. The molecule has 3 aliphatic rings. The van der Waals surface area contributed by atoms with Crippen LogP contribution in [-0.2, 0) is 24.7 Å². The van der Waals surface area contributed by atoms with Crippen molar-refractivity contribution in [2.75, 3.05) is 32.8 Å². The fourth-order valence-corrected chi connectivity index (χ4v) is 6.68. The average molecular weight is 654 g/mol. The number of nitrogens with one attached hydrogen (secondary N) is 1. The van der Waals surface area contributed by atoms with Crippen molar-refractivity contribution < 1.29 is 41.8 Å². The third kappa shape index (κ3) is 5.86. The maximum atomic E-state index is 15.6. The number of hydrogen-bond acceptors (Lipinski definition) is 10. The first-order valence-corrected chi connectivity index (χ1v) is 15.3. The molecule has 3 aliphatic heterocycles. The van der Waals surface area contributed by atoms with Crippen molar-refractivity contribution in [1.82, 2.24) is 20.3 Å². The molecule has 5 rings (SSSR count). The molecule has 0 aliphatic carbocycles. The molecule has 0 spiro atoms. The van der Waals surface area contributed by atoms with Crippen molar-refractivity contribution in [1.29, 1.82) is 0 Å².